The number of esters is 1. The first kappa shape index (κ1) is 22.8. The van der Waals surface area contributed by atoms with Gasteiger partial charge in [0.15, 0.2) is 21.4 Å². The van der Waals surface area contributed by atoms with Crippen molar-refractivity contribution in [3.8, 4) is 0 Å². The average Bonchev–Trinajstić information content (AvgIpc) is 3.51. The summed E-state index contributed by atoms with van der Waals surface area (Å²) in [6, 6.07) is 10.0. The van der Waals surface area contributed by atoms with Crippen LogP contribution in [0.2, 0.25) is 0 Å². The molecule has 0 atom stereocenters. The van der Waals surface area contributed by atoms with Crippen molar-refractivity contribution in [2.45, 2.75) is 37.0 Å². The van der Waals surface area contributed by atoms with Gasteiger partial charge in [-0.15, -0.1) is 0 Å². The number of sulfone groups is 1. The van der Waals surface area contributed by atoms with Gasteiger partial charge in [-0.05, 0) is 61.6 Å². The van der Waals surface area contributed by atoms with Crippen LogP contribution in [-0.2, 0) is 21.0 Å². The lowest BCUT2D eigenvalue weighted by atomic mass is 9.92. The third kappa shape index (κ3) is 4.73. The molecule has 0 radical (unpaired) electrons. The molecule has 4 rings (SSSR count). The number of halogens is 1. The molecule has 33 heavy (non-hydrogen) atoms. The fraction of sp³-hybridized carbons (Fsp3) is 0.292. The first-order valence-electron chi connectivity index (χ1n) is 10.5. The van der Waals surface area contributed by atoms with Crippen molar-refractivity contribution in [2.24, 2.45) is 0 Å². The Morgan fingerprint density at radius 3 is 2.55 bits per heavy atom. The standard InChI is InChI=1S/C24H22FNO6S/c1-3-31-24(28)21-20(23(32-26-21)14-8-9-14)22(27)18-11-10-17(25)13-16(18)12-15-6-4-5-7-19(15)33(2,29)30/h4-7,10-11,13-14H,3,8-9,12H2,1-2H3. The van der Waals surface area contributed by atoms with Gasteiger partial charge in [-0.25, -0.2) is 17.6 Å². The van der Waals surface area contributed by atoms with Gasteiger partial charge in [0.2, 0.25) is 5.69 Å². The fourth-order valence-electron chi connectivity index (χ4n) is 3.77. The van der Waals surface area contributed by atoms with Crippen molar-refractivity contribution in [1.82, 2.24) is 5.16 Å². The van der Waals surface area contributed by atoms with E-state index >= 15 is 0 Å². The van der Waals surface area contributed by atoms with Gasteiger partial charge in [0, 0.05) is 17.7 Å². The normalized spacial score (nSPS) is 13.7. The first-order chi connectivity index (χ1) is 15.7. The summed E-state index contributed by atoms with van der Waals surface area (Å²) < 4.78 is 49.0. The molecule has 1 aliphatic carbocycles. The number of nitrogens with zero attached hydrogens (tertiary/aromatic N) is 1. The summed E-state index contributed by atoms with van der Waals surface area (Å²) in [7, 11) is -3.54. The Hall–Kier alpha value is -3.33. The molecule has 0 saturated heterocycles. The topological polar surface area (TPSA) is 104 Å². The molecule has 0 bridgehead atoms. The Morgan fingerprint density at radius 2 is 1.88 bits per heavy atom. The van der Waals surface area contributed by atoms with Crippen LogP contribution in [-0.4, -0.2) is 38.2 Å². The van der Waals surface area contributed by atoms with Crippen LogP contribution < -0.4 is 0 Å². The maximum absolute atomic E-state index is 14.2. The summed E-state index contributed by atoms with van der Waals surface area (Å²) in [6.45, 7) is 1.74. The summed E-state index contributed by atoms with van der Waals surface area (Å²) >= 11 is 0. The number of ketones is 1. The summed E-state index contributed by atoms with van der Waals surface area (Å²) in [5.74, 6) is -1.60. The molecule has 7 nitrogen and oxygen atoms in total. The minimum absolute atomic E-state index is 0.000852. The Kier molecular flexibility index (Phi) is 6.16. The molecule has 172 valence electrons. The van der Waals surface area contributed by atoms with E-state index in [1.807, 2.05) is 0 Å². The van der Waals surface area contributed by atoms with Gasteiger partial charge in [-0.3, -0.25) is 4.79 Å². The van der Waals surface area contributed by atoms with Crippen LogP contribution in [0, 0.1) is 5.82 Å². The number of carbonyl (C=O) groups is 2. The number of ether oxygens (including phenoxy) is 1. The SMILES string of the molecule is CCOC(=O)c1noc(C2CC2)c1C(=O)c1ccc(F)cc1Cc1ccccc1S(C)(=O)=O. The molecule has 1 fully saturated rings. The summed E-state index contributed by atoms with van der Waals surface area (Å²) in [5, 5.41) is 3.80. The molecule has 1 saturated carbocycles. The highest BCUT2D eigenvalue weighted by Gasteiger charge is 2.38. The van der Waals surface area contributed by atoms with E-state index in [0.717, 1.165) is 25.2 Å². The lowest BCUT2D eigenvalue weighted by Gasteiger charge is -2.12. The van der Waals surface area contributed by atoms with E-state index in [-0.39, 0.29) is 46.2 Å². The number of aromatic nitrogens is 1. The van der Waals surface area contributed by atoms with Gasteiger partial charge in [-0.2, -0.15) is 0 Å². The lowest BCUT2D eigenvalue weighted by molar-refractivity contribution is 0.0512. The van der Waals surface area contributed by atoms with Crippen LogP contribution in [0.1, 0.15) is 69.0 Å². The predicted octanol–water partition coefficient (Wildman–Crippen LogP) is 4.09. The van der Waals surface area contributed by atoms with E-state index in [9.17, 15) is 22.4 Å². The van der Waals surface area contributed by atoms with E-state index in [2.05, 4.69) is 5.16 Å². The summed E-state index contributed by atoms with van der Waals surface area (Å²) in [4.78, 5) is 26.2. The highest BCUT2D eigenvalue weighted by atomic mass is 32.2. The van der Waals surface area contributed by atoms with Crippen molar-refractivity contribution in [1.29, 1.82) is 0 Å². The molecule has 0 aliphatic heterocycles. The molecule has 0 amide bonds. The Morgan fingerprint density at radius 1 is 1.15 bits per heavy atom. The van der Waals surface area contributed by atoms with Crippen LogP contribution in [0.25, 0.3) is 0 Å². The summed E-state index contributed by atoms with van der Waals surface area (Å²) in [6.07, 6.45) is 2.69. The monoisotopic (exact) mass is 471 g/mol. The molecule has 3 aromatic rings. The van der Waals surface area contributed by atoms with E-state index in [0.29, 0.717) is 11.3 Å². The minimum Gasteiger partial charge on any atom is -0.461 e. The van der Waals surface area contributed by atoms with Gasteiger partial charge in [0.1, 0.15) is 11.4 Å². The van der Waals surface area contributed by atoms with Crippen molar-refractivity contribution in [2.75, 3.05) is 12.9 Å². The first-order valence-corrected chi connectivity index (χ1v) is 12.4. The van der Waals surface area contributed by atoms with E-state index in [1.54, 1.807) is 25.1 Å². The zero-order chi connectivity index (χ0) is 23.8. The Bertz CT molecular complexity index is 1340. The van der Waals surface area contributed by atoms with Crippen molar-refractivity contribution in [3.05, 3.63) is 82.0 Å². The minimum atomic E-state index is -3.54. The third-order valence-corrected chi connectivity index (χ3v) is 6.62. The maximum atomic E-state index is 14.2. The number of rotatable bonds is 8. The van der Waals surface area contributed by atoms with E-state index in [1.165, 1.54) is 18.2 Å². The molecule has 9 heteroatoms. The van der Waals surface area contributed by atoms with Crippen molar-refractivity contribution >= 4 is 21.6 Å². The molecular weight excluding hydrogens is 449 g/mol. The third-order valence-electron chi connectivity index (χ3n) is 5.43. The molecule has 0 unspecified atom stereocenters. The second kappa shape index (κ2) is 8.90. The second-order valence-electron chi connectivity index (χ2n) is 7.95. The van der Waals surface area contributed by atoms with Gasteiger partial charge >= 0.3 is 5.97 Å². The summed E-state index contributed by atoms with van der Waals surface area (Å²) in [5.41, 5.74) is 0.651. The van der Waals surface area contributed by atoms with Gasteiger partial charge in [-0.1, -0.05) is 23.4 Å². The zero-order valence-electron chi connectivity index (χ0n) is 18.1. The highest BCUT2D eigenvalue weighted by Crippen LogP contribution is 2.43. The predicted molar refractivity (Wildman–Crippen MR) is 117 cm³/mol. The van der Waals surface area contributed by atoms with Gasteiger partial charge in [0.25, 0.3) is 0 Å². The van der Waals surface area contributed by atoms with Gasteiger partial charge in [0.05, 0.1) is 11.5 Å². The molecule has 2 aromatic carbocycles. The largest absolute Gasteiger partial charge is 0.461 e. The van der Waals surface area contributed by atoms with Crippen LogP contribution >= 0.6 is 0 Å². The smallest absolute Gasteiger partial charge is 0.361 e. The van der Waals surface area contributed by atoms with Crippen molar-refractivity contribution < 1.29 is 31.7 Å². The maximum Gasteiger partial charge on any atom is 0.361 e. The highest BCUT2D eigenvalue weighted by molar-refractivity contribution is 7.90. The number of hydrogen-bond donors (Lipinski definition) is 0. The van der Waals surface area contributed by atoms with E-state index in [4.69, 9.17) is 9.26 Å². The van der Waals surface area contributed by atoms with Crippen LogP contribution in [0.15, 0.2) is 51.9 Å². The molecule has 0 spiro atoms. The average molecular weight is 472 g/mol. The number of hydrogen-bond acceptors (Lipinski definition) is 7. The quantitative estimate of drug-likeness (QED) is 0.360. The zero-order valence-corrected chi connectivity index (χ0v) is 18.9. The fourth-order valence-corrected chi connectivity index (χ4v) is 4.71. The van der Waals surface area contributed by atoms with Crippen LogP contribution in [0.5, 0.6) is 0 Å². The number of carbonyl (C=O) groups excluding carboxylic acids is 2. The molecular formula is C24H22FNO6S. The van der Waals surface area contributed by atoms with Gasteiger partial charge < -0.3 is 9.26 Å². The Labute approximate surface area is 190 Å². The lowest BCUT2D eigenvalue weighted by Crippen LogP contribution is -2.15. The molecule has 1 aromatic heterocycles. The van der Waals surface area contributed by atoms with Crippen molar-refractivity contribution in [3.63, 3.8) is 0 Å². The van der Waals surface area contributed by atoms with Crippen LogP contribution in [0.3, 0.4) is 0 Å². The van der Waals surface area contributed by atoms with Crippen LogP contribution in [0.4, 0.5) is 4.39 Å². The Balaban J connectivity index is 1.81. The second-order valence-corrected chi connectivity index (χ2v) is 9.94. The molecule has 1 heterocycles. The molecule has 1 aliphatic rings. The number of benzene rings is 2. The molecule has 0 N–H and O–H groups in total. The van der Waals surface area contributed by atoms with E-state index < -0.39 is 27.4 Å².